The molecule has 0 rings (SSSR count). The summed E-state index contributed by atoms with van der Waals surface area (Å²) in [7, 11) is -4.67. The van der Waals surface area contributed by atoms with Crippen LogP contribution in [0.25, 0.3) is 0 Å². The fraction of sp³-hybridized carbons (Fsp3) is 0.750. The van der Waals surface area contributed by atoms with Gasteiger partial charge in [0.05, 0.1) is 6.04 Å². The van der Waals surface area contributed by atoms with Crippen molar-refractivity contribution in [3.63, 3.8) is 0 Å². The fourth-order valence-electron chi connectivity index (χ4n) is 2.74. The van der Waals surface area contributed by atoms with Crippen LogP contribution in [0.2, 0.25) is 0 Å². The van der Waals surface area contributed by atoms with E-state index in [-0.39, 0.29) is 11.9 Å². The molecule has 0 aliphatic rings. The van der Waals surface area contributed by atoms with Gasteiger partial charge >= 0.3 is 10.4 Å². The lowest BCUT2D eigenvalue weighted by atomic mass is 9.83. The molecule has 0 heterocycles. The summed E-state index contributed by atoms with van der Waals surface area (Å²) in [5, 5.41) is 8.05. The van der Waals surface area contributed by atoms with Gasteiger partial charge in [-0.05, 0) is 23.7 Å². The summed E-state index contributed by atoms with van der Waals surface area (Å²) in [5.74, 6) is -1.33. The number of aliphatic imine (C=N–C) groups is 1. The van der Waals surface area contributed by atoms with E-state index in [1.165, 1.54) is 6.92 Å². The summed E-state index contributed by atoms with van der Waals surface area (Å²) in [6, 6.07) is -2.47. The highest BCUT2D eigenvalue weighted by Crippen LogP contribution is 2.23. The normalized spacial score (nSPS) is 14.2. The molecule has 0 saturated heterocycles. The highest BCUT2D eigenvalue weighted by Gasteiger charge is 2.38. The Bertz CT molecular complexity index is 850. The summed E-state index contributed by atoms with van der Waals surface area (Å²) in [5.41, 5.74) is 9.33. The number of carbonyl (C=O) groups excluding carboxylic acids is 4. The van der Waals surface area contributed by atoms with Crippen molar-refractivity contribution < 1.29 is 36.7 Å². The van der Waals surface area contributed by atoms with Gasteiger partial charge in [-0.3, -0.25) is 28.5 Å². The first-order chi connectivity index (χ1) is 15.6. The molecule has 0 radical (unpaired) electrons. The van der Waals surface area contributed by atoms with Gasteiger partial charge in [0, 0.05) is 13.5 Å². The van der Waals surface area contributed by atoms with Crippen LogP contribution in [0, 0.1) is 10.8 Å². The molecule has 204 valence electrons. The number of hydrogen-bond donors (Lipinski definition) is 7. The molecule has 0 spiro atoms. The highest BCUT2D eigenvalue weighted by atomic mass is 32.3. The standard InChI is InChI=1S/C20H38N6O4.H2O4S/c1-12(28)24-14(19(2,3)4)17(30)26-15(20(5,6)7)16(29)25-13(11-27)9-8-10-23-18(21)22;1-5(2,3)4/h11,13-15H,8-10H2,1-7H3,(H,24,28)(H,25,29)(H,26,30)(H4,21,22,23);(H2,1,2,3,4)/t13-,14+,15?;/m0./s1. The molecule has 9 N–H and O–H groups in total. The van der Waals surface area contributed by atoms with Gasteiger partial charge in [-0.15, -0.1) is 0 Å². The van der Waals surface area contributed by atoms with Crippen LogP contribution in [0.1, 0.15) is 61.3 Å². The van der Waals surface area contributed by atoms with E-state index in [0.717, 1.165) is 0 Å². The van der Waals surface area contributed by atoms with Gasteiger partial charge < -0.3 is 32.2 Å². The van der Waals surface area contributed by atoms with E-state index in [2.05, 4.69) is 20.9 Å². The molecule has 0 aromatic carbocycles. The number of amides is 3. The van der Waals surface area contributed by atoms with Crippen LogP contribution in [-0.2, 0) is 29.6 Å². The van der Waals surface area contributed by atoms with Crippen molar-refractivity contribution in [2.45, 2.75) is 79.4 Å². The maximum Gasteiger partial charge on any atom is 0.394 e. The van der Waals surface area contributed by atoms with E-state index in [1.54, 1.807) is 20.8 Å². The molecule has 0 saturated carbocycles. The molecule has 0 aromatic heterocycles. The number of nitrogens with two attached hydrogens (primary N) is 2. The smallest absolute Gasteiger partial charge is 0.370 e. The summed E-state index contributed by atoms with van der Waals surface area (Å²) >= 11 is 0. The number of guanidine groups is 1. The molecule has 0 fully saturated rings. The third-order valence-corrected chi connectivity index (χ3v) is 4.35. The van der Waals surface area contributed by atoms with Crippen LogP contribution < -0.4 is 27.4 Å². The monoisotopic (exact) mass is 524 g/mol. The lowest BCUT2D eigenvalue weighted by Crippen LogP contribution is -2.61. The minimum absolute atomic E-state index is 0.0372. The van der Waals surface area contributed by atoms with Crippen molar-refractivity contribution in [2.24, 2.45) is 27.3 Å². The van der Waals surface area contributed by atoms with E-state index in [9.17, 15) is 19.2 Å². The SMILES string of the molecule is CC(=O)N[C@H](C(=O)NC(C(=O)N[C@H](C=O)CCCN=C(N)N)C(C)(C)C)C(C)(C)C.O=S(=O)(O)O. The van der Waals surface area contributed by atoms with Gasteiger partial charge in [0.15, 0.2) is 5.96 Å². The van der Waals surface area contributed by atoms with Crippen molar-refractivity contribution in [3.8, 4) is 0 Å². The van der Waals surface area contributed by atoms with Gasteiger partial charge in [0.25, 0.3) is 0 Å². The second-order valence-corrected chi connectivity index (χ2v) is 10.9. The van der Waals surface area contributed by atoms with Crippen LogP contribution >= 0.6 is 0 Å². The summed E-state index contributed by atoms with van der Waals surface area (Å²) in [6.07, 6.45) is 1.50. The molecule has 15 heteroatoms. The van der Waals surface area contributed by atoms with Crippen molar-refractivity contribution in [2.75, 3.05) is 6.54 Å². The predicted molar refractivity (Wildman–Crippen MR) is 131 cm³/mol. The number of hydrogen-bond acceptors (Lipinski definition) is 7. The molecule has 0 aromatic rings. The second-order valence-electron chi connectivity index (χ2n) is 9.96. The number of carbonyl (C=O) groups is 4. The maximum absolute atomic E-state index is 12.9. The van der Waals surface area contributed by atoms with Crippen LogP contribution in [0.15, 0.2) is 4.99 Å². The molecule has 0 bridgehead atoms. The number of nitrogens with one attached hydrogen (secondary N) is 3. The van der Waals surface area contributed by atoms with Crippen molar-refractivity contribution in [1.82, 2.24) is 16.0 Å². The molecule has 0 aliphatic heterocycles. The third kappa shape index (κ3) is 18.2. The van der Waals surface area contributed by atoms with Crippen molar-refractivity contribution in [3.05, 3.63) is 0 Å². The van der Waals surface area contributed by atoms with Gasteiger partial charge in [-0.2, -0.15) is 8.42 Å². The predicted octanol–water partition coefficient (Wildman–Crippen LogP) is -0.847. The maximum atomic E-state index is 12.9. The zero-order valence-electron chi connectivity index (χ0n) is 21.3. The van der Waals surface area contributed by atoms with Crippen LogP contribution in [0.3, 0.4) is 0 Å². The summed E-state index contributed by atoms with van der Waals surface area (Å²) < 4.78 is 31.6. The Hall–Kier alpha value is -2.78. The summed E-state index contributed by atoms with van der Waals surface area (Å²) in [4.78, 5) is 52.6. The van der Waals surface area contributed by atoms with Gasteiger partial charge in [-0.25, -0.2) is 0 Å². The Kier molecular flexibility index (Phi) is 14.3. The third-order valence-electron chi connectivity index (χ3n) is 4.35. The van der Waals surface area contributed by atoms with Crippen LogP contribution in [0.4, 0.5) is 0 Å². The quantitative estimate of drug-likeness (QED) is 0.0613. The fourth-order valence-corrected chi connectivity index (χ4v) is 2.74. The van der Waals surface area contributed by atoms with E-state index in [1.807, 2.05) is 20.8 Å². The molecule has 14 nitrogen and oxygen atoms in total. The van der Waals surface area contributed by atoms with E-state index < -0.39 is 51.2 Å². The molecule has 35 heavy (non-hydrogen) atoms. The zero-order chi connectivity index (χ0) is 28.2. The average Bonchev–Trinajstić information content (AvgIpc) is 2.62. The minimum atomic E-state index is -4.67. The molecule has 0 aliphatic carbocycles. The molecular weight excluding hydrogens is 484 g/mol. The number of aldehydes is 1. The first-order valence-corrected chi connectivity index (χ1v) is 12.1. The Morgan fingerprint density at radius 1 is 0.914 bits per heavy atom. The summed E-state index contributed by atoms with van der Waals surface area (Å²) in [6.45, 7) is 12.5. The Morgan fingerprint density at radius 2 is 1.31 bits per heavy atom. The average molecular weight is 525 g/mol. The Morgan fingerprint density at radius 3 is 1.66 bits per heavy atom. The van der Waals surface area contributed by atoms with Crippen molar-refractivity contribution in [1.29, 1.82) is 0 Å². The minimum Gasteiger partial charge on any atom is -0.370 e. The highest BCUT2D eigenvalue weighted by molar-refractivity contribution is 7.79. The van der Waals surface area contributed by atoms with Crippen molar-refractivity contribution >= 4 is 40.4 Å². The topological polar surface area (TPSA) is 243 Å². The Labute approximate surface area is 206 Å². The molecule has 1 unspecified atom stereocenters. The van der Waals surface area contributed by atoms with Gasteiger partial charge in [-0.1, -0.05) is 41.5 Å². The first-order valence-electron chi connectivity index (χ1n) is 10.7. The number of rotatable bonds is 10. The lowest BCUT2D eigenvalue weighted by Gasteiger charge is -2.35. The zero-order valence-corrected chi connectivity index (χ0v) is 22.1. The first kappa shape index (κ1) is 34.4. The Balaban J connectivity index is 0. The van der Waals surface area contributed by atoms with E-state index in [0.29, 0.717) is 25.7 Å². The van der Waals surface area contributed by atoms with Crippen LogP contribution in [-0.4, -0.2) is 72.2 Å². The van der Waals surface area contributed by atoms with E-state index >= 15 is 0 Å². The van der Waals surface area contributed by atoms with Crippen LogP contribution in [0.5, 0.6) is 0 Å². The largest absolute Gasteiger partial charge is 0.394 e. The van der Waals surface area contributed by atoms with Gasteiger partial charge in [0.2, 0.25) is 17.7 Å². The second kappa shape index (κ2) is 14.6. The van der Waals surface area contributed by atoms with E-state index in [4.69, 9.17) is 29.0 Å². The molecule has 3 amide bonds. The molecular formula is C20H40N6O8S. The molecule has 3 atom stereocenters. The number of nitrogens with zero attached hydrogens (tertiary/aromatic N) is 1. The van der Waals surface area contributed by atoms with Gasteiger partial charge in [0.1, 0.15) is 18.4 Å². The lowest BCUT2D eigenvalue weighted by molar-refractivity contribution is -0.136.